The average molecular weight is 211 g/mol. The first-order chi connectivity index (χ1) is 6.97. The number of nitrogens with zero attached hydrogens (tertiary/aromatic N) is 3. The van der Waals surface area contributed by atoms with Crippen molar-refractivity contribution in [2.24, 2.45) is 7.05 Å². The lowest BCUT2D eigenvalue weighted by molar-refractivity contribution is 0.421. The first-order valence-corrected chi connectivity index (χ1v) is 5.28. The molecule has 0 amide bonds. The van der Waals surface area contributed by atoms with Crippen molar-refractivity contribution < 1.29 is 0 Å². The summed E-state index contributed by atoms with van der Waals surface area (Å²) in [5.74, 6) is 0. The zero-order chi connectivity index (χ0) is 11.3. The minimum atomic E-state index is 0.189. The van der Waals surface area contributed by atoms with E-state index in [2.05, 4.69) is 41.7 Å². The maximum absolute atomic E-state index is 3.99. The maximum atomic E-state index is 3.99. The van der Waals surface area contributed by atoms with Gasteiger partial charge in [0, 0.05) is 38.4 Å². The number of nitrogens with one attached hydrogen (secondary N) is 2. The van der Waals surface area contributed by atoms with E-state index in [1.54, 1.807) is 4.68 Å². The smallest absolute Gasteiger partial charge is 0.0964 e. The molecule has 0 atom stereocenters. The molecule has 0 aliphatic heterocycles. The molecule has 2 N–H and O–H groups in total. The molecule has 1 aromatic heterocycles. The lowest BCUT2D eigenvalue weighted by Crippen LogP contribution is -2.40. The first-order valence-electron chi connectivity index (χ1n) is 5.28. The highest BCUT2D eigenvalue weighted by atomic mass is 15.4. The quantitative estimate of drug-likeness (QED) is 0.688. The summed E-state index contributed by atoms with van der Waals surface area (Å²) in [7, 11) is 1.87. The van der Waals surface area contributed by atoms with Crippen LogP contribution in [0.4, 0.5) is 0 Å². The van der Waals surface area contributed by atoms with Crippen LogP contribution in [0, 0.1) is 0 Å². The third-order valence-electron chi connectivity index (χ3n) is 1.91. The normalized spacial score (nSPS) is 12.0. The molecule has 0 bridgehead atoms. The predicted molar refractivity (Wildman–Crippen MR) is 60.5 cm³/mol. The van der Waals surface area contributed by atoms with Gasteiger partial charge in [-0.25, -0.2) is 0 Å². The molecule has 0 aromatic carbocycles. The molecule has 0 spiro atoms. The van der Waals surface area contributed by atoms with Crippen LogP contribution in [-0.4, -0.2) is 33.6 Å². The van der Waals surface area contributed by atoms with E-state index >= 15 is 0 Å². The molecule has 5 nitrogen and oxygen atoms in total. The Balaban J connectivity index is 2.07. The van der Waals surface area contributed by atoms with Gasteiger partial charge in [-0.3, -0.25) is 4.68 Å². The predicted octanol–water partition coefficient (Wildman–Crippen LogP) is 0.293. The minimum absolute atomic E-state index is 0.189. The summed E-state index contributed by atoms with van der Waals surface area (Å²) in [6.45, 7) is 9.16. The number of aryl methyl sites for hydroxylation is 1. The molecule has 1 aromatic rings. The van der Waals surface area contributed by atoms with Gasteiger partial charge in [0.2, 0.25) is 0 Å². The van der Waals surface area contributed by atoms with Crippen LogP contribution in [0.5, 0.6) is 0 Å². The van der Waals surface area contributed by atoms with Crippen LogP contribution in [0.2, 0.25) is 0 Å². The van der Waals surface area contributed by atoms with Gasteiger partial charge in [-0.1, -0.05) is 5.21 Å². The van der Waals surface area contributed by atoms with Gasteiger partial charge in [-0.15, -0.1) is 5.10 Å². The Morgan fingerprint density at radius 3 is 2.60 bits per heavy atom. The topological polar surface area (TPSA) is 54.8 Å². The lowest BCUT2D eigenvalue weighted by Gasteiger charge is -2.20. The van der Waals surface area contributed by atoms with Gasteiger partial charge >= 0.3 is 0 Å². The Morgan fingerprint density at radius 1 is 1.33 bits per heavy atom. The Morgan fingerprint density at radius 2 is 2.07 bits per heavy atom. The molecule has 0 radical (unpaired) electrons. The van der Waals surface area contributed by atoms with E-state index in [1.165, 1.54) is 0 Å². The molecule has 0 saturated carbocycles. The molecule has 0 unspecified atom stereocenters. The number of rotatable bonds is 5. The van der Waals surface area contributed by atoms with E-state index in [4.69, 9.17) is 0 Å². The van der Waals surface area contributed by atoms with E-state index in [0.717, 1.165) is 25.3 Å². The summed E-state index contributed by atoms with van der Waals surface area (Å²) >= 11 is 0. The van der Waals surface area contributed by atoms with Crippen LogP contribution >= 0.6 is 0 Å². The molecule has 86 valence electrons. The second kappa shape index (κ2) is 5.23. The summed E-state index contributed by atoms with van der Waals surface area (Å²) in [5.41, 5.74) is 1.17. The van der Waals surface area contributed by atoms with E-state index in [1.807, 2.05) is 13.2 Å². The van der Waals surface area contributed by atoms with Crippen molar-refractivity contribution in [1.82, 2.24) is 25.6 Å². The Hall–Kier alpha value is -0.940. The minimum Gasteiger partial charge on any atom is -0.311 e. The third-order valence-corrected chi connectivity index (χ3v) is 1.91. The monoisotopic (exact) mass is 211 g/mol. The van der Waals surface area contributed by atoms with Crippen LogP contribution in [-0.2, 0) is 13.6 Å². The Kier molecular flexibility index (Phi) is 4.23. The van der Waals surface area contributed by atoms with Crippen molar-refractivity contribution in [1.29, 1.82) is 0 Å². The summed E-state index contributed by atoms with van der Waals surface area (Å²) in [5, 5.41) is 14.6. The third kappa shape index (κ3) is 5.49. The highest BCUT2D eigenvalue weighted by Gasteiger charge is 2.06. The lowest BCUT2D eigenvalue weighted by atomic mass is 10.1. The standard InChI is InChI=1S/C10H21N5/c1-10(2,3)12-6-5-11-7-9-8-15(4)14-13-9/h8,11-12H,5-7H2,1-4H3. The first kappa shape index (κ1) is 12.1. The summed E-state index contributed by atoms with van der Waals surface area (Å²) in [6, 6.07) is 0. The summed E-state index contributed by atoms with van der Waals surface area (Å²) in [6.07, 6.45) is 1.92. The second-order valence-corrected chi connectivity index (χ2v) is 4.74. The van der Waals surface area contributed by atoms with Crippen molar-refractivity contribution >= 4 is 0 Å². The van der Waals surface area contributed by atoms with Gasteiger partial charge in [-0.05, 0) is 20.8 Å². The zero-order valence-corrected chi connectivity index (χ0v) is 10.0. The fourth-order valence-corrected chi connectivity index (χ4v) is 1.22. The van der Waals surface area contributed by atoms with Gasteiger partial charge in [0.25, 0.3) is 0 Å². The molecule has 0 aliphatic rings. The van der Waals surface area contributed by atoms with Crippen molar-refractivity contribution in [3.05, 3.63) is 11.9 Å². The average Bonchev–Trinajstić information content (AvgIpc) is 2.49. The zero-order valence-electron chi connectivity index (χ0n) is 10.0. The van der Waals surface area contributed by atoms with Crippen LogP contribution in [0.3, 0.4) is 0 Å². The van der Waals surface area contributed by atoms with E-state index in [0.29, 0.717) is 0 Å². The molecule has 15 heavy (non-hydrogen) atoms. The van der Waals surface area contributed by atoms with Crippen molar-refractivity contribution in [2.45, 2.75) is 32.9 Å². The molecule has 1 heterocycles. The summed E-state index contributed by atoms with van der Waals surface area (Å²) in [4.78, 5) is 0. The van der Waals surface area contributed by atoms with Crippen molar-refractivity contribution in [2.75, 3.05) is 13.1 Å². The van der Waals surface area contributed by atoms with Crippen LogP contribution in [0.15, 0.2) is 6.20 Å². The molecular formula is C10H21N5. The van der Waals surface area contributed by atoms with Gasteiger partial charge in [0.05, 0.1) is 5.69 Å². The molecular weight excluding hydrogens is 190 g/mol. The fraction of sp³-hybridized carbons (Fsp3) is 0.800. The van der Waals surface area contributed by atoms with E-state index in [9.17, 15) is 0 Å². The van der Waals surface area contributed by atoms with E-state index < -0.39 is 0 Å². The number of hydrogen-bond acceptors (Lipinski definition) is 4. The number of hydrogen-bond donors (Lipinski definition) is 2. The van der Waals surface area contributed by atoms with Gasteiger partial charge in [0.1, 0.15) is 0 Å². The molecule has 0 saturated heterocycles. The highest BCUT2D eigenvalue weighted by molar-refractivity contribution is 4.90. The highest BCUT2D eigenvalue weighted by Crippen LogP contribution is 1.96. The van der Waals surface area contributed by atoms with Crippen LogP contribution in [0.25, 0.3) is 0 Å². The molecule has 1 rings (SSSR count). The Bertz CT molecular complexity index is 286. The largest absolute Gasteiger partial charge is 0.311 e. The number of aromatic nitrogens is 3. The Labute approximate surface area is 91.2 Å². The van der Waals surface area contributed by atoms with Crippen molar-refractivity contribution in [3.8, 4) is 0 Å². The SMILES string of the molecule is Cn1cc(CNCCNC(C)(C)C)nn1. The van der Waals surface area contributed by atoms with E-state index in [-0.39, 0.29) is 5.54 Å². The van der Waals surface area contributed by atoms with Crippen molar-refractivity contribution in [3.63, 3.8) is 0 Å². The fourth-order valence-electron chi connectivity index (χ4n) is 1.22. The maximum Gasteiger partial charge on any atom is 0.0964 e. The van der Waals surface area contributed by atoms with Crippen LogP contribution < -0.4 is 10.6 Å². The molecule has 0 fully saturated rings. The van der Waals surface area contributed by atoms with Gasteiger partial charge in [0.15, 0.2) is 0 Å². The second-order valence-electron chi connectivity index (χ2n) is 4.74. The molecule has 5 heteroatoms. The summed E-state index contributed by atoms with van der Waals surface area (Å²) < 4.78 is 1.71. The van der Waals surface area contributed by atoms with Gasteiger partial charge < -0.3 is 10.6 Å². The molecule has 0 aliphatic carbocycles. The van der Waals surface area contributed by atoms with Gasteiger partial charge in [-0.2, -0.15) is 0 Å². The van der Waals surface area contributed by atoms with Crippen LogP contribution in [0.1, 0.15) is 26.5 Å².